The molecular formula is C27H30Cl2N2O2. The number of ether oxygens (including phenoxy) is 1. The standard InChI is InChI=1S/C27H30Cl2N2O2/c1-33-23-14-8-13-21(15-23)22(12-7-3-6-11-20-9-4-2-5-10-20)17-31-27(32)16-24-25(28)18-30-19-26(24)29/h2,4-5,8-10,13-15,18-19,22H,3,6-7,11-12,16-17H2,1H3,(H,31,32). The first-order valence-corrected chi connectivity index (χ1v) is 12.0. The van der Waals surface area contributed by atoms with E-state index < -0.39 is 0 Å². The first-order valence-electron chi connectivity index (χ1n) is 11.3. The monoisotopic (exact) mass is 484 g/mol. The van der Waals surface area contributed by atoms with Gasteiger partial charge in [0.1, 0.15) is 5.75 Å². The van der Waals surface area contributed by atoms with Crippen molar-refractivity contribution in [2.75, 3.05) is 13.7 Å². The molecule has 0 bridgehead atoms. The maximum atomic E-state index is 12.6. The minimum absolute atomic E-state index is 0.109. The molecule has 33 heavy (non-hydrogen) atoms. The number of pyridine rings is 1. The molecule has 1 N–H and O–H groups in total. The lowest BCUT2D eigenvalue weighted by Crippen LogP contribution is -2.30. The summed E-state index contributed by atoms with van der Waals surface area (Å²) in [7, 11) is 1.67. The molecule has 0 saturated heterocycles. The number of unbranched alkanes of at least 4 members (excludes halogenated alkanes) is 2. The fourth-order valence-electron chi connectivity index (χ4n) is 3.89. The number of halogens is 2. The Labute approximate surface area is 206 Å². The fraction of sp³-hybridized carbons (Fsp3) is 0.333. The van der Waals surface area contributed by atoms with Crippen LogP contribution in [-0.2, 0) is 17.6 Å². The molecule has 1 unspecified atom stereocenters. The molecule has 0 aliphatic rings. The smallest absolute Gasteiger partial charge is 0.224 e. The van der Waals surface area contributed by atoms with Crippen molar-refractivity contribution in [2.45, 2.75) is 44.4 Å². The summed E-state index contributed by atoms with van der Waals surface area (Å²) in [5, 5.41) is 3.88. The van der Waals surface area contributed by atoms with Crippen molar-refractivity contribution in [3.8, 4) is 5.75 Å². The molecule has 0 aliphatic carbocycles. The number of amides is 1. The maximum absolute atomic E-state index is 12.6. The number of nitrogens with one attached hydrogen (secondary N) is 1. The van der Waals surface area contributed by atoms with E-state index >= 15 is 0 Å². The Bertz CT molecular complexity index is 1010. The predicted molar refractivity (Wildman–Crippen MR) is 135 cm³/mol. The molecule has 4 nitrogen and oxygen atoms in total. The molecule has 174 valence electrons. The summed E-state index contributed by atoms with van der Waals surface area (Å²) in [4.78, 5) is 16.6. The highest BCUT2D eigenvalue weighted by molar-refractivity contribution is 6.36. The first kappa shape index (κ1) is 25.1. The van der Waals surface area contributed by atoms with Crippen LogP contribution in [0.4, 0.5) is 0 Å². The first-order chi connectivity index (χ1) is 16.1. The van der Waals surface area contributed by atoms with Crippen LogP contribution in [0.25, 0.3) is 0 Å². The van der Waals surface area contributed by atoms with E-state index in [0.29, 0.717) is 22.2 Å². The second kappa shape index (κ2) is 13.2. The van der Waals surface area contributed by atoms with Gasteiger partial charge in [-0.15, -0.1) is 0 Å². The lowest BCUT2D eigenvalue weighted by Gasteiger charge is -2.19. The molecule has 1 aromatic heterocycles. The van der Waals surface area contributed by atoms with E-state index in [4.69, 9.17) is 27.9 Å². The van der Waals surface area contributed by atoms with Gasteiger partial charge in [-0.2, -0.15) is 0 Å². The fourth-order valence-corrected chi connectivity index (χ4v) is 4.39. The van der Waals surface area contributed by atoms with Crippen molar-refractivity contribution in [3.05, 3.63) is 93.7 Å². The summed E-state index contributed by atoms with van der Waals surface area (Å²) in [6.07, 6.45) is 8.60. The van der Waals surface area contributed by atoms with Gasteiger partial charge in [0.25, 0.3) is 0 Å². The van der Waals surface area contributed by atoms with Gasteiger partial charge < -0.3 is 10.1 Å². The van der Waals surface area contributed by atoms with Crippen LogP contribution in [0.2, 0.25) is 10.0 Å². The van der Waals surface area contributed by atoms with Crippen LogP contribution >= 0.6 is 23.2 Å². The van der Waals surface area contributed by atoms with E-state index in [1.165, 1.54) is 18.0 Å². The summed E-state index contributed by atoms with van der Waals surface area (Å²) in [6.45, 7) is 0.547. The molecule has 0 radical (unpaired) electrons. The topological polar surface area (TPSA) is 51.2 Å². The molecule has 1 heterocycles. The minimum Gasteiger partial charge on any atom is -0.497 e. The highest BCUT2D eigenvalue weighted by atomic mass is 35.5. The molecule has 3 aromatic rings. The van der Waals surface area contributed by atoms with Crippen LogP contribution in [0.3, 0.4) is 0 Å². The van der Waals surface area contributed by atoms with Crippen molar-refractivity contribution in [1.82, 2.24) is 10.3 Å². The van der Waals surface area contributed by atoms with Gasteiger partial charge in [0.15, 0.2) is 0 Å². The average Bonchev–Trinajstić information content (AvgIpc) is 2.84. The third-order valence-electron chi connectivity index (χ3n) is 5.76. The van der Waals surface area contributed by atoms with E-state index in [1.807, 2.05) is 18.2 Å². The van der Waals surface area contributed by atoms with Gasteiger partial charge >= 0.3 is 0 Å². The number of aromatic nitrogens is 1. The van der Waals surface area contributed by atoms with E-state index in [0.717, 1.165) is 43.4 Å². The van der Waals surface area contributed by atoms with Gasteiger partial charge in [-0.25, -0.2) is 0 Å². The molecule has 2 aromatic carbocycles. The second-order valence-electron chi connectivity index (χ2n) is 8.12. The zero-order valence-corrected chi connectivity index (χ0v) is 20.4. The molecule has 0 fully saturated rings. The Morgan fingerprint density at radius 3 is 2.48 bits per heavy atom. The zero-order chi connectivity index (χ0) is 23.5. The highest BCUT2D eigenvalue weighted by Gasteiger charge is 2.16. The van der Waals surface area contributed by atoms with Crippen LogP contribution in [-0.4, -0.2) is 24.5 Å². The number of carbonyl (C=O) groups excluding carboxylic acids is 1. The molecule has 0 spiro atoms. The number of benzene rings is 2. The SMILES string of the molecule is COc1cccc(C(CCCCCc2ccccc2)CNC(=O)Cc2c(Cl)cncc2Cl)c1. The molecule has 0 aliphatic heterocycles. The van der Waals surface area contributed by atoms with Crippen molar-refractivity contribution in [3.63, 3.8) is 0 Å². The highest BCUT2D eigenvalue weighted by Crippen LogP contribution is 2.26. The van der Waals surface area contributed by atoms with Crippen LogP contribution in [0.5, 0.6) is 5.75 Å². The van der Waals surface area contributed by atoms with Crippen LogP contribution in [0.15, 0.2) is 67.0 Å². The van der Waals surface area contributed by atoms with Crippen LogP contribution in [0, 0.1) is 0 Å². The number of aryl methyl sites for hydroxylation is 1. The Morgan fingerprint density at radius 1 is 1.00 bits per heavy atom. The maximum Gasteiger partial charge on any atom is 0.224 e. The third-order valence-corrected chi connectivity index (χ3v) is 6.41. The van der Waals surface area contributed by atoms with E-state index in [9.17, 15) is 4.79 Å². The van der Waals surface area contributed by atoms with Gasteiger partial charge in [-0.3, -0.25) is 9.78 Å². The number of hydrogen-bond donors (Lipinski definition) is 1. The summed E-state index contributed by atoms with van der Waals surface area (Å²) < 4.78 is 5.41. The zero-order valence-electron chi connectivity index (χ0n) is 18.9. The predicted octanol–water partition coefficient (Wildman–Crippen LogP) is 6.64. The van der Waals surface area contributed by atoms with Crippen LogP contribution < -0.4 is 10.1 Å². The normalized spacial score (nSPS) is 11.7. The summed E-state index contributed by atoms with van der Waals surface area (Å²) in [5.74, 6) is 0.911. The minimum atomic E-state index is -0.109. The van der Waals surface area contributed by atoms with Crippen molar-refractivity contribution < 1.29 is 9.53 Å². The Kier molecular flexibility index (Phi) is 10.0. The van der Waals surface area contributed by atoms with E-state index in [1.54, 1.807) is 7.11 Å². The number of rotatable bonds is 12. The Hall–Kier alpha value is -2.56. The molecule has 3 rings (SSSR count). The van der Waals surface area contributed by atoms with Gasteiger partial charge in [-0.05, 0) is 42.5 Å². The molecule has 1 atom stereocenters. The number of methoxy groups -OCH3 is 1. The van der Waals surface area contributed by atoms with Crippen molar-refractivity contribution in [2.24, 2.45) is 0 Å². The van der Waals surface area contributed by atoms with Gasteiger partial charge in [0, 0.05) is 30.4 Å². The Morgan fingerprint density at radius 2 is 1.76 bits per heavy atom. The summed E-state index contributed by atoms with van der Waals surface area (Å²) in [6, 6.07) is 18.7. The van der Waals surface area contributed by atoms with Gasteiger partial charge in [0.2, 0.25) is 5.91 Å². The third kappa shape index (κ3) is 8.06. The number of hydrogen-bond acceptors (Lipinski definition) is 3. The molecule has 0 saturated carbocycles. The van der Waals surface area contributed by atoms with Crippen LogP contribution in [0.1, 0.15) is 48.3 Å². The summed E-state index contributed by atoms with van der Waals surface area (Å²) >= 11 is 12.3. The van der Waals surface area contributed by atoms with Gasteiger partial charge in [0.05, 0.1) is 23.6 Å². The number of nitrogens with zero attached hydrogens (tertiary/aromatic N) is 1. The molecule has 6 heteroatoms. The summed E-state index contributed by atoms with van der Waals surface area (Å²) in [5.41, 5.74) is 3.14. The number of carbonyl (C=O) groups is 1. The Balaban J connectivity index is 1.56. The molecular weight excluding hydrogens is 455 g/mol. The average molecular weight is 485 g/mol. The lowest BCUT2D eigenvalue weighted by atomic mass is 9.92. The second-order valence-corrected chi connectivity index (χ2v) is 8.94. The lowest BCUT2D eigenvalue weighted by molar-refractivity contribution is -0.120. The van der Waals surface area contributed by atoms with E-state index in [-0.39, 0.29) is 18.2 Å². The van der Waals surface area contributed by atoms with Gasteiger partial charge in [-0.1, -0.05) is 78.5 Å². The molecule has 1 amide bonds. The quantitative estimate of drug-likeness (QED) is 0.293. The largest absolute Gasteiger partial charge is 0.497 e. The van der Waals surface area contributed by atoms with E-state index in [2.05, 4.69) is 46.7 Å². The van der Waals surface area contributed by atoms with Crippen molar-refractivity contribution in [1.29, 1.82) is 0 Å². The van der Waals surface area contributed by atoms with Crippen molar-refractivity contribution >= 4 is 29.1 Å².